The molecule has 0 radical (unpaired) electrons. The number of amides is 2. The van der Waals surface area contributed by atoms with Crippen molar-refractivity contribution in [3.63, 3.8) is 0 Å². The van der Waals surface area contributed by atoms with Crippen LogP contribution >= 0.6 is 11.8 Å². The van der Waals surface area contributed by atoms with E-state index in [9.17, 15) is 14.7 Å². The Labute approximate surface area is 205 Å². The molecule has 2 aliphatic rings. The normalized spacial score (nSPS) is 19.0. The zero-order valence-electron chi connectivity index (χ0n) is 18.9. The summed E-state index contributed by atoms with van der Waals surface area (Å²) in [6.07, 6.45) is 9.02. The summed E-state index contributed by atoms with van der Waals surface area (Å²) >= 11 is 1.62. The highest BCUT2D eigenvalue weighted by molar-refractivity contribution is 7.98. The maximum Gasteiger partial charge on any atom is 0.407 e. The van der Waals surface area contributed by atoms with Gasteiger partial charge >= 0.3 is 6.09 Å². The van der Waals surface area contributed by atoms with Crippen LogP contribution < -0.4 is 0 Å². The molecular formula is C25H22N6O3S. The van der Waals surface area contributed by atoms with Crippen LogP contribution in [-0.2, 0) is 0 Å². The number of rotatable bonds is 4. The van der Waals surface area contributed by atoms with Crippen molar-refractivity contribution in [3.8, 4) is 17.2 Å². The van der Waals surface area contributed by atoms with Crippen LogP contribution in [0, 0.1) is 0 Å². The van der Waals surface area contributed by atoms with E-state index < -0.39 is 6.09 Å². The Kier molecular flexibility index (Phi) is 5.18. The van der Waals surface area contributed by atoms with Gasteiger partial charge in [0.05, 0.1) is 23.3 Å². The summed E-state index contributed by atoms with van der Waals surface area (Å²) in [5.41, 5.74) is 3.05. The topological polar surface area (TPSA) is 104 Å². The molecule has 1 aromatic carbocycles. The van der Waals surface area contributed by atoms with Crippen molar-refractivity contribution in [3.05, 3.63) is 66.7 Å². The lowest BCUT2D eigenvalue weighted by Gasteiger charge is -2.32. The number of nitrogens with zero attached hydrogens (tertiary/aromatic N) is 6. The third kappa shape index (κ3) is 3.61. The number of aromatic nitrogens is 4. The first-order valence-electron chi connectivity index (χ1n) is 11.3. The number of piperazine rings is 1. The number of fused-ring (bicyclic) bond motifs is 3. The molecule has 4 aromatic rings. The van der Waals surface area contributed by atoms with Crippen molar-refractivity contribution in [2.45, 2.75) is 23.4 Å². The first-order chi connectivity index (χ1) is 17.0. The number of hydrogen-bond donors (Lipinski definition) is 1. The van der Waals surface area contributed by atoms with E-state index >= 15 is 0 Å². The first kappa shape index (κ1) is 21.6. The molecule has 2 unspecified atom stereocenters. The van der Waals surface area contributed by atoms with Crippen molar-refractivity contribution < 1.29 is 14.7 Å². The lowest BCUT2D eigenvalue weighted by atomic mass is 10.1. The minimum absolute atomic E-state index is 0.0738. The fourth-order valence-corrected chi connectivity index (χ4v) is 5.69. The van der Waals surface area contributed by atoms with Gasteiger partial charge < -0.3 is 14.9 Å². The van der Waals surface area contributed by atoms with Gasteiger partial charge in [0.1, 0.15) is 0 Å². The molecule has 2 fully saturated rings. The molecule has 2 aliphatic heterocycles. The van der Waals surface area contributed by atoms with E-state index in [1.807, 2.05) is 58.3 Å². The highest BCUT2D eigenvalue weighted by atomic mass is 32.2. The number of thioether (sulfide) groups is 1. The van der Waals surface area contributed by atoms with Crippen LogP contribution in [0.4, 0.5) is 4.79 Å². The highest BCUT2D eigenvalue weighted by Gasteiger charge is 2.47. The summed E-state index contributed by atoms with van der Waals surface area (Å²) in [6, 6.07) is 11.2. The molecular weight excluding hydrogens is 464 g/mol. The van der Waals surface area contributed by atoms with Crippen molar-refractivity contribution in [1.82, 2.24) is 29.3 Å². The molecule has 0 saturated carbocycles. The Bertz CT molecular complexity index is 1440. The lowest BCUT2D eigenvalue weighted by molar-refractivity contribution is 0.0613. The Morgan fingerprint density at radius 3 is 2.46 bits per heavy atom. The van der Waals surface area contributed by atoms with E-state index in [0.29, 0.717) is 31.0 Å². The molecule has 35 heavy (non-hydrogen) atoms. The van der Waals surface area contributed by atoms with Crippen molar-refractivity contribution in [2.75, 3.05) is 19.3 Å². The van der Waals surface area contributed by atoms with E-state index in [-0.39, 0.29) is 18.0 Å². The molecule has 9 nitrogen and oxygen atoms in total. The van der Waals surface area contributed by atoms with Crippen molar-refractivity contribution in [2.24, 2.45) is 0 Å². The minimum Gasteiger partial charge on any atom is -0.465 e. The summed E-state index contributed by atoms with van der Waals surface area (Å²) in [6.45, 7) is 0.806. The summed E-state index contributed by atoms with van der Waals surface area (Å²) < 4.78 is 1.91. The molecule has 1 N–H and O–H groups in total. The van der Waals surface area contributed by atoms with Gasteiger partial charge in [0, 0.05) is 59.3 Å². The molecule has 2 amide bonds. The Hall–Kier alpha value is -3.92. The second kappa shape index (κ2) is 8.38. The van der Waals surface area contributed by atoms with E-state index in [1.165, 1.54) is 4.90 Å². The second-order valence-corrected chi connectivity index (χ2v) is 9.57. The van der Waals surface area contributed by atoms with Gasteiger partial charge in [-0.3, -0.25) is 14.3 Å². The Morgan fingerprint density at radius 1 is 1.03 bits per heavy atom. The fourth-order valence-electron chi connectivity index (χ4n) is 5.08. The van der Waals surface area contributed by atoms with E-state index in [4.69, 9.17) is 0 Å². The zero-order valence-corrected chi connectivity index (χ0v) is 19.7. The molecule has 176 valence electrons. The van der Waals surface area contributed by atoms with Crippen LogP contribution in [0.3, 0.4) is 0 Å². The zero-order chi connectivity index (χ0) is 24.1. The third-order valence-corrected chi connectivity index (χ3v) is 7.56. The second-order valence-electron chi connectivity index (χ2n) is 8.72. The average molecular weight is 487 g/mol. The van der Waals surface area contributed by atoms with Gasteiger partial charge in [-0.15, -0.1) is 11.8 Å². The maximum absolute atomic E-state index is 13.4. The monoisotopic (exact) mass is 486 g/mol. The van der Waals surface area contributed by atoms with Crippen LogP contribution in [0.1, 0.15) is 16.8 Å². The molecule has 0 spiro atoms. The molecule has 3 aromatic heterocycles. The maximum atomic E-state index is 13.4. The number of carbonyl (C=O) groups is 2. The minimum atomic E-state index is -0.914. The molecule has 2 atom stereocenters. The van der Waals surface area contributed by atoms with Crippen LogP contribution in [-0.4, -0.2) is 77.9 Å². The van der Waals surface area contributed by atoms with Gasteiger partial charge in [0.25, 0.3) is 5.91 Å². The molecule has 10 heteroatoms. The average Bonchev–Trinajstić information content (AvgIpc) is 3.61. The van der Waals surface area contributed by atoms with Gasteiger partial charge in [-0.1, -0.05) is 12.1 Å². The Balaban J connectivity index is 1.33. The largest absolute Gasteiger partial charge is 0.465 e. The van der Waals surface area contributed by atoms with Crippen molar-refractivity contribution >= 4 is 34.7 Å². The lowest BCUT2D eigenvalue weighted by Crippen LogP contribution is -2.50. The molecule has 0 aliphatic carbocycles. The summed E-state index contributed by atoms with van der Waals surface area (Å²) in [4.78, 5) is 42.6. The quantitative estimate of drug-likeness (QED) is 0.438. The number of carboxylic acid groups (broad SMARTS) is 1. The van der Waals surface area contributed by atoms with Gasteiger partial charge in [-0.05, 0) is 36.9 Å². The summed E-state index contributed by atoms with van der Waals surface area (Å²) in [5, 5.41) is 10.4. The van der Waals surface area contributed by atoms with Gasteiger partial charge in [-0.25, -0.2) is 14.8 Å². The fraction of sp³-hybridized carbons (Fsp3) is 0.240. The third-order valence-electron chi connectivity index (χ3n) is 6.80. The van der Waals surface area contributed by atoms with Crippen LogP contribution in [0.25, 0.3) is 28.1 Å². The standard InChI is InChI=1S/C25H22N6O3S/c1-35-22-14-31(24-27-10-16(11-28-24)20-4-2-3-7-26-20)21-8-15(5-6-19(21)22)23(32)29-12-18-9-17(29)13-30(18)25(33)34/h2-8,10-11,14,17-18H,9,12-13H2,1H3,(H,33,34). The predicted octanol–water partition coefficient (Wildman–Crippen LogP) is 3.78. The Morgan fingerprint density at radius 2 is 1.80 bits per heavy atom. The number of likely N-dealkylation sites (tertiary alicyclic amines) is 2. The molecule has 5 heterocycles. The summed E-state index contributed by atoms with van der Waals surface area (Å²) in [7, 11) is 0. The van der Waals surface area contributed by atoms with Crippen LogP contribution in [0.15, 0.2) is 66.1 Å². The van der Waals surface area contributed by atoms with E-state index in [1.54, 1.807) is 30.4 Å². The van der Waals surface area contributed by atoms with E-state index in [2.05, 4.69) is 15.0 Å². The number of benzene rings is 1. The number of carbonyl (C=O) groups excluding carboxylic acids is 1. The molecule has 6 rings (SSSR count). The SMILES string of the molecule is CSc1cn(-c2ncc(-c3ccccn3)cn2)c2cc(C(=O)N3CC4CC3CN4C(=O)O)ccc12. The van der Waals surface area contributed by atoms with Gasteiger partial charge in [-0.2, -0.15) is 0 Å². The van der Waals surface area contributed by atoms with Gasteiger partial charge in [0.15, 0.2) is 0 Å². The van der Waals surface area contributed by atoms with Gasteiger partial charge in [0.2, 0.25) is 5.95 Å². The molecule has 2 saturated heterocycles. The summed E-state index contributed by atoms with van der Waals surface area (Å²) in [5.74, 6) is 0.436. The smallest absolute Gasteiger partial charge is 0.407 e. The van der Waals surface area contributed by atoms with Crippen LogP contribution in [0.5, 0.6) is 0 Å². The van der Waals surface area contributed by atoms with E-state index in [0.717, 1.165) is 27.1 Å². The highest BCUT2D eigenvalue weighted by Crippen LogP contribution is 2.34. The van der Waals surface area contributed by atoms with Crippen LogP contribution in [0.2, 0.25) is 0 Å². The molecule has 2 bridgehead atoms. The number of pyridine rings is 1. The predicted molar refractivity (Wildman–Crippen MR) is 132 cm³/mol. The van der Waals surface area contributed by atoms with Crippen molar-refractivity contribution in [1.29, 1.82) is 0 Å². The first-order valence-corrected chi connectivity index (χ1v) is 12.5. The number of hydrogen-bond acceptors (Lipinski definition) is 6.